The van der Waals surface area contributed by atoms with Crippen LogP contribution in [0.1, 0.15) is 12.8 Å². The molecular weight excluding hydrogens is 449 g/mol. The van der Waals surface area contributed by atoms with Gasteiger partial charge in [0.1, 0.15) is 0 Å². The first-order valence-corrected chi connectivity index (χ1v) is 11.4. The van der Waals surface area contributed by atoms with Gasteiger partial charge in [-0.1, -0.05) is 41.4 Å². The molecule has 6 nitrogen and oxygen atoms in total. The van der Waals surface area contributed by atoms with Crippen molar-refractivity contribution in [2.75, 3.05) is 41.3 Å². The van der Waals surface area contributed by atoms with Crippen molar-refractivity contribution in [3.8, 4) is 0 Å². The monoisotopic (exact) mass is 473 g/mol. The maximum absolute atomic E-state index is 12.6. The first-order chi connectivity index (χ1) is 15.4. The molecule has 0 saturated carbocycles. The lowest BCUT2D eigenvalue weighted by Crippen LogP contribution is -2.46. The highest BCUT2D eigenvalue weighted by Gasteiger charge is 2.34. The van der Waals surface area contributed by atoms with Gasteiger partial charge in [-0.15, -0.1) is 0 Å². The summed E-state index contributed by atoms with van der Waals surface area (Å²) >= 11 is 12.5. The van der Waals surface area contributed by atoms with Crippen molar-refractivity contribution in [3.05, 3.63) is 64.7 Å². The predicted octanol–water partition coefficient (Wildman–Crippen LogP) is 4.93. The fourth-order valence-corrected chi connectivity index (χ4v) is 4.72. The summed E-state index contributed by atoms with van der Waals surface area (Å²) in [6, 6.07) is 13.4. The van der Waals surface area contributed by atoms with Crippen LogP contribution in [0.15, 0.2) is 54.6 Å². The Hall–Kier alpha value is -2.70. The van der Waals surface area contributed by atoms with Crippen LogP contribution in [0.2, 0.25) is 10.0 Å². The normalized spacial score (nSPS) is 20.8. The maximum Gasteiger partial charge on any atom is 0.307 e. The Balaban J connectivity index is 1.35. The molecule has 1 saturated heterocycles. The van der Waals surface area contributed by atoms with Gasteiger partial charge >= 0.3 is 5.97 Å². The number of hydrogen-bond donors (Lipinski definition) is 2. The summed E-state index contributed by atoms with van der Waals surface area (Å²) in [6.45, 7) is 3.32. The zero-order valence-electron chi connectivity index (χ0n) is 17.5. The van der Waals surface area contributed by atoms with Gasteiger partial charge in [-0.3, -0.25) is 9.59 Å². The minimum atomic E-state index is -0.928. The molecule has 4 rings (SSSR count). The van der Waals surface area contributed by atoms with E-state index in [0.717, 1.165) is 37.6 Å². The second-order valence-corrected chi connectivity index (χ2v) is 8.86. The molecule has 2 aromatic rings. The van der Waals surface area contributed by atoms with Crippen LogP contribution in [0.25, 0.3) is 0 Å². The van der Waals surface area contributed by atoms with Gasteiger partial charge < -0.3 is 20.2 Å². The van der Waals surface area contributed by atoms with E-state index >= 15 is 0 Å². The second kappa shape index (κ2) is 9.84. The maximum atomic E-state index is 12.6. The highest BCUT2D eigenvalue weighted by molar-refractivity contribution is 6.43. The number of hydrogen-bond acceptors (Lipinski definition) is 4. The summed E-state index contributed by atoms with van der Waals surface area (Å²) in [7, 11) is 0. The van der Waals surface area contributed by atoms with Crippen molar-refractivity contribution in [1.29, 1.82) is 0 Å². The van der Waals surface area contributed by atoms with Gasteiger partial charge in [0, 0.05) is 37.6 Å². The Morgan fingerprint density at radius 3 is 2.16 bits per heavy atom. The van der Waals surface area contributed by atoms with Crippen LogP contribution in [-0.4, -0.2) is 43.2 Å². The minimum absolute atomic E-state index is 0.249. The Morgan fingerprint density at radius 2 is 1.50 bits per heavy atom. The van der Waals surface area contributed by atoms with Gasteiger partial charge in [-0.2, -0.15) is 0 Å². The van der Waals surface area contributed by atoms with Crippen LogP contribution >= 0.6 is 23.2 Å². The predicted molar refractivity (Wildman–Crippen MR) is 129 cm³/mol. The van der Waals surface area contributed by atoms with E-state index < -0.39 is 17.8 Å². The number of nitrogens with one attached hydrogen (secondary N) is 1. The Bertz CT molecular complexity index is 1020. The molecule has 1 fully saturated rings. The van der Waals surface area contributed by atoms with Crippen molar-refractivity contribution in [1.82, 2.24) is 0 Å². The number of nitrogens with zero attached hydrogens (tertiary/aromatic N) is 2. The third-order valence-corrected chi connectivity index (χ3v) is 6.95. The smallest absolute Gasteiger partial charge is 0.307 e. The van der Waals surface area contributed by atoms with Gasteiger partial charge in [0.15, 0.2) is 0 Å². The fraction of sp³-hybridized carbons (Fsp3) is 0.333. The molecule has 0 spiro atoms. The van der Waals surface area contributed by atoms with Gasteiger partial charge in [0.05, 0.1) is 27.6 Å². The second-order valence-electron chi connectivity index (χ2n) is 8.08. The van der Waals surface area contributed by atoms with Crippen LogP contribution < -0.4 is 15.1 Å². The van der Waals surface area contributed by atoms with Crippen molar-refractivity contribution in [2.24, 2.45) is 11.8 Å². The average molecular weight is 474 g/mol. The van der Waals surface area contributed by atoms with Crippen molar-refractivity contribution in [2.45, 2.75) is 12.8 Å². The number of carbonyl (C=O) groups excluding carboxylic acids is 1. The summed E-state index contributed by atoms with van der Waals surface area (Å²) < 4.78 is 0. The molecule has 8 heteroatoms. The van der Waals surface area contributed by atoms with Crippen LogP contribution in [0.3, 0.4) is 0 Å². The van der Waals surface area contributed by atoms with E-state index in [2.05, 4.69) is 15.1 Å². The largest absolute Gasteiger partial charge is 0.481 e. The number of aliphatic carboxylic acids is 1. The Labute approximate surface area is 197 Å². The molecule has 0 unspecified atom stereocenters. The number of piperazine rings is 1. The van der Waals surface area contributed by atoms with E-state index in [1.807, 2.05) is 48.6 Å². The molecule has 2 aromatic carbocycles. The van der Waals surface area contributed by atoms with Crippen molar-refractivity contribution >= 4 is 52.1 Å². The topological polar surface area (TPSA) is 72.9 Å². The zero-order chi connectivity index (χ0) is 22.7. The quantitative estimate of drug-likeness (QED) is 0.602. The summed E-state index contributed by atoms with van der Waals surface area (Å²) in [5.74, 6) is -2.41. The summed E-state index contributed by atoms with van der Waals surface area (Å²) in [6.07, 6.45) is 4.54. The molecule has 168 valence electrons. The Kier molecular flexibility index (Phi) is 6.92. The van der Waals surface area contributed by atoms with Gasteiger partial charge in [-0.25, -0.2) is 0 Å². The van der Waals surface area contributed by atoms with E-state index in [4.69, 9.17) is 23.2 Å². The van der Waals surface area contributed by atoms with Gasteiger partial charge in [-0.05, 0) is 49.2 Å². The SMILES string of the molecule is O=C(O)[C@@H]1CC=CC[C@H]1C(=O)Nc1ccc(N2CCN(c3cccc(Cl)c3Cl)CC2)cc1. The molecule has 1 heterocycles. The molecule has 1 aliphatic heterocycles. The number of benzene rings is 2. The summed E-state index contributed by atoms with van der Waals surface area (Å²) in [5.41, 5.74) is 2.69. The van der Waals surface area contributed by atoms with Gasteiger partial charge in [0.25, 0.3) is 0 Å². The number of allylic oxidation sites excluding steroid dienone is 2. The third kappa shape index (κ3) is 4.87. The van der Waals surface area contributed by atoms with Crippen LogP contribution in [-0.2, 0) is 9.59 Å². The van der Waals surface area contributed by atoms with Crippen molar-refractivity contribution < 1.29 is 14.7 Å². The first kappa shape index (κ1) is 22.5. The number of carboxylic acid groups (broad SMARTS) is 1. The molecule has 2 atom stereocenters. The molecule has 2 aliphatic rings. The van der Waals surface area contributed by atoms with E-state index in [1.54, 1.807) is 6.07 Å². The number of carbonyl (C=O) groups is 2. The van der Waals surface area contributed by atoms with E-state index in [-0.39, 0.29) is 5.91 Å². The molecular formula is C24H25Cl2N3O3. The fourth-order valence-electron chi connectivity index (χ4n) is 4.31. The molecule has 1 amide bonds. The van der Waals surface area contributed by atoms with Crippen LogP contribution in [0, 0.1) is 11.8 Å². The average Bonchev–Trinajstić information content (AvgIpc) is 2.81. The molecule has 2 N–H and O–H groups in total. The molecule has 0 radical (unpaired) electrons. The number of amides is 1. The lowest BCUT2D eigenvalue weighted by atomic mass is 9.82. The van der Waals surface area contributed by atoms with Crippen LogP contribution in [0.4, 0.5) is 17.1 Å². The Morgan fingerprint density at radius 1 is 0.875 bits per heavy atom. The van der Waals surface area contributed by atoms with E-state index in [9.17, 15) is 14.7 Å². The molecule has 32 heavy (non-hydrogen) atoms. The molecule has 0 aromatic heterocycles. The summed E-state index contributed by atoms with van der Waals surface area (Å²) in [5, 5.41) is 13.4. The number of rotatable bonds is 5. The highest BCUT2D eigenvalue weighted by Crippen LogP contribution is 2.33. The number of halogens is 2. The van der Waals surface area contributed by atoms with Gasteiger partial charge in [0.2, 0.25) is 5.91 Å². The molecule has 1 aliphatic carbocycles. The highest BCUT2D eigenvalue weighted by atomic mass is 35.5. The molecule has 0 bridgehead atoms. The minimum Gasteiger partial charge on any atom is -0.481 e. The van der Waals surface area contributed by atoms with Crippen LogP contribution in [0.5, 0.6) is 0 Å². The summed E-state index contributed by atoms with van der Waals surface area (Å²) in [4.78, 5) is 28.6. The standard InChI is InChI=1S/C24H25Cl2N3O3/c25-20-6-3-7-21(22(20)26)29-14-12-28(13-15-29)17-10-8-16(9-11-17)27-23(30)18-4-1-2-5-19(18)24(31)32/h1-3,6-11,18-19H,4-5,12-15H2,(H,27,30)(H,31,32)/t18-,19-/m1/s1. The first-order valence-electron chi connectivity index (χ1n) is 10.7. The zero-order valence-corrected chi connectivity index (χ0v) is 19.0. The lowest BCUT2D eigenvalue weighted by Gasteiger charge is -2.37. The number of carboxylic acids is 1. The third-order valence-electron chi connectivity index (χ3n) is 6.14. The number of anilines is 3. The lowest BCUT2D eigenvalue weighted by molar-refractivity contribution is -0.146. The van der Waals surface area contributed by atoms with E-state index in [0.29, 0.717) is 28.6 Å². The van der Waals surface area contributed by atoms with Crippen molar-refractivity contribution in [3.63, 3.8) is 0 Å². The van der Waals surface area contributed by atoms with E-state index in [1.165, 1.54) is 0 Å².